The lowest BCUT2D eigenvalue weighted by Crippen LogP contribution is -2.40. The van der Waals surface area contributed by atoms with Crippen molar-refractivity contribution in [1.29, 1.82) is 0 Å². The maximum atomic E-state index is 10.0. The largest absolute Gasteiger partial charge is 0.386 e. The van der Waals surface area contributed by atoms with Gasteiger partial charge in [0.05, 0.1) is 6.61 Å². The van der Waals surface area contributed by atoms with Crippen LogP contribution in [0, 0.1) is 6.92 Å². The first-order valence-corrected chi connectivity index (χ1v) is 6.11. The van der Waals surface area contributed by atoms with E-state index in [1.165, 1.54) is 10.4 Å². The fourth-order valence-electron chi connectivity index (χ4n) is 1.73. The van der Waals surface area contributed by atoms with Gasteiger partial charge >= 0.3 is 0 Å². The third kappa shape index (κ3) is 2.78. The summed E-state index contributed by atoms with van der Waals surface area (Å²) < 4.78 is 5.18. The summed E-state index contributed by atoms with van der Waals surface area (Å²) >= 11 is 1.76. The van der Waals surface area contributed by atoms with E-state index in [2.05, 4.69) is 23.7 Å². The van der Waals surface area contributed by atoms with Crippen LogP contribution in [0.15, 0.2) is 11.4 Å². The van der Waals surface area contributed by atoms with Gasteiger partial charge in [-0.15, -0.1) is 11.3 Å². The van der Waals surface area contributed by atoms with E-state index in [1.54, 1.807) is 11.3 Å². The highest BCUT2D eigenvalue weighted by molar-refractivity contribution is 7.10. The molecule has 0 amide bonds. The Balaban J connectivity index is 1.77. The van der Waals surface area contributed by atoms with Gasteiger partial charge in [0.25, 0.3) is 0 Å². The minimum absolute atomic E-state index is 0.462. The Labute approximate surface area is 94.1 Å². The van der Waals surface area contributed by atoms with Gasteiger partial charge in [-0.2, -0.15) is 0 Å². The Morgan fingerprint density at radius 2 is 2.53 bits per heavy atom. The van der Waals surface area contributed by atoms with Crippen molar-refractivity contribution in [2.75, 3.05) is 19.8 Å². The molecule has 0 saturated carbocycles. The number of hydrogen-bond donors (Lipinski definition) is 2. The Morgan fingerprint density at radius 1 is 1.67 bits per heavy atom. The van der Waals surface area contributed by atoms with Crippen LogP contribution in [0.2, 0.25) is 0 Å². The van der Waals surface area contributed by atoms with Gasteiger partial charge in [0.1, 0.15) is 5.60 Å². The van der Waals surface area contributed by atoms with E-state index in [9.17, 15) is 5.11 Å². The van der Waals surface area contributed by atoms with Crippen molar-refractivity contribution in [3.8, 4) is 0 Å². The molecule has 1 aromatic heterocycles. The van der Waals surface area contributed by atoms with Crippen LogP contribution in [0.1, 0.15) is 16.9 Å². The van der Waals surface area contributed by atoms with Crippen LogP contribution in [0.3, 0.4) is 0 Å². The summed E-state index contributed by atoms with van der Waals surface area (Å²) in [4.78, 5) is 1.34. The van der Waals surface area contributed by atoms with Gasteiger partial charge in [0, 0.05) is 31.0 Å². The molecular formula is C11H17NO2S. The Morgan fingerprint density at radius 3 is 3.13 bits per heavy atom. The van der Waals surface area contributed by atoms with E-state index >= 15 is 0 Å². The second-order valence-corrected chi connectivity index (χ2v) is 5.16. The molecule has 2 heterocycles. The molecule has 84 valence electrons. The van der Waals surface area contributed by atoms with Crippen molar-refractivity contribution in [3.63, 3.8) is 0 Å². The van der Waals surface area contributed by atoms with Crippen LogP contribution in [0.5, 0.6) is 0 Å². The lowest BCUT2D eigenvalue weighted by Gasteiger charge is -2.20. The number of hydrogen-bond acceptors (Lipinski definition) is 4. The number of thiophene rings is 1. The summed E-state index contributed by atoms with van der Waals surface area (Å²) in [6, 6.07) is 2.12. The number of nitrogens with one attached hydrogen (secondary N) is 1. The van der Waals surface area contributed by atoms with Crippen LogP contribution in [-0.2, 0) is 11.3 Å². The molecular weight excluding hydrogens is 210 g/mol. The molecule has 15 heavy (non-hydrogen) atoms. The zero-order chi connectivity index (χ0) is 10.7. The van der Waals surface area contributed by atoms with Gasteiger partial charge in [-0.25, -0.2) is 0 Å². The number of ether oxygens (including phenoxy) is 1. The van der Waals surface area contributed by atoms with Crippen LogP contribution >= 0.6 is 11.3 Å². The Kier molecular flexibility index (Phi) is 3.41. The highest BCUT2D eigenvalue weighted by atomic mass is 32.1. The van der Waals surface area contributed by atoms with Crippen LogP contribution in [-0.4, -0.2) is 30.5 Å². The molecule has 1 saturated heterocycles. The molecule has 3 nitrogen and oxygen atoms in total. The highest BCUT2D eigenvalue weighted by Crippen LogP contribution is 2.18. The molecule has 1 aliphatic rings. The standard InChI is InChI=1S/C11H17NO2S/c1-9-2-5-15-10(9)6-12-7-11(13)3-4-14-8-11/h2,5,12-13H,3-4,6-8H2,1H3. The van der Waals surface area contributed by atoms with Crippen LogP contribution in [0.25, 0.3) is 0 Å². The van der Waals surface area contributed by atoms with Gasteiger partial charge in [-0.3, -0.25) is 0 Å². The van der Waals surface area contributed by atoms with Crippen LogP contribution < -0.4 is 5.32 Å². The van der Waals surface area contributed by atoms with Crippen LogP contribution in [0.4, 0.5) is 0 Å². The Bertz CT molecular complexity index is 318. The van der Waals surface area contributed by atoms with Crippen molar-refractivity contribution >= 4 is 11.3 Å². The maximum absolute atomic E-state index is 10.0. The summed E-state index contributed by atoms with van der Waals surface area (Å²) in [5.41, 5.74) is 0.674. The highest BCUT2D eigenvalue weighted by Gasteiger charge is 2.31. The lowest BCUT2D eigenvalue weighted by molar-refractivity contribution is 0.0269. The van der Waals surface area contributed by atoms with Crippen molar-refractivity contribution in [2.24, 2.45) is 0 Å². The average Bonchev–Trinajstić information content (AvgIpc) is 2.78. The smallest absolute Gasteiger partial charge is 0.103 e. The molecule has 1 atom stereocenters. The third-order valence-corrected chi connectivity index (χ3v) is 3.81. The molecule has 0 spiro atoms. The molecule has 2 rings (SSSR count). The van der Waals surface area contributed by atoms with E-state index < -0.39 is 5.60 Å². The second-order valence-electron chi connectivity index (χ2n) is 4.16. The van der Waals surface area contributed by atoms with Gasteiger partial charge in [0.2, 0.25) is 0 Å². The average molecular weight is 227 g/mol. The fourth-order valence-corrected chi connectivity index (χ4v) is 2.61. The minimum atomic E-state index is -0.648. The maximum Gasteiger partial charge on any atom is 0.103 e. The van der Waals surface area contributed by atoms with Crippen molar-refractivity contribution in [1.82, 2.24) is 5.32 Å². The predicted molar refractivity (Wildman–Crippen MR) is 61.1 cm³/mol. The van der Waals surface area contributed by atoms with E-state index in [-0.39, 0.29) is 0 Å². The van der Waals surface area contributed by atoms with E-state index in [0.29, 0.717) is 19.8 Å². The Hall–Kier alpha value is -0.420. The van der Waals surface area contributed by atoms with Gasteiger partial charge in [-0.1, -0.05) is 0 Å². The quantitative estimate of drug-likeness (QED) is 0.814. The molecule has 1 aliphatic heterocycles. The molecule has 1 fully saturated rings. The summed E-state index contributed by atoms with van der Waals surface area (Å²) in [6.07, 6.45) is 0.740. The first kappa shape index (κ1) is 11.1. The van der Waals surface area contributed by atoms with Gasteiger partial charge in [-0.05, 0) is 23.9 Å². The first-order valence-electron chi connectivity index (χ1n) is 5.23. The SMILES string of the molecule is Cc1ccsc1CNCC1(O)CCOC1. The van der Waals surface area contributed by atoms with Crippen molar-refractivity contribution in [3.05, 3.63) is 21.9 Å². The fraction of sp³-hybridized carbons (Fsp3) is 0.636. The summed E-state index contributed by atoms with van der Waals surface area (Å²) in [6.45, 7) is 4.71. The molecule has 0 bridgehead atoms. The summed E-state index contributed by atoms with van der Waals surface area (Å²) in [5.74, 6) is 0. The zero-order valence-electron chi connectivity index (χ0n) is 8.95. The molecule has 2 N–H and O–H groups in total. The van der Waals surface area contributed by atoms with E-state index in [0.717, 1.165) is 13.0 Å². The molecule has 0 aliphatic carbocycles. The summed E-state index contributed by atoms with van der Waals surface area (Å²) in [7, 11) is 0. The number of aliphatic hydroxyl groups is 1. The zero-order valence-corrected chi connectivity index (χ0v) is 9.77. The molecule has 1 unspecified atom stereocenters. The monoisotopic (exact) mass is 227 g/mol. The third-order valence-electron chi connectivity index (χ3n) is 2.79. The molecule has 0 aromatic carbocycles. The van der Waals surface area contributed by atoms with Gasteiger partial charge < -0.3 is 15.2 Å². The second kappa shape index (κ2) is 4.61. The molecule has 0 radical (unpaired) electrons. The number of rotatable bonds is 4. The lowest BCUT2D eigenvalue weighted by atomic mass is 10.0. The first-order chi connectivity index (χ1) is 7.20. The predicted octanol–water partition coefficient (Wildman–Crippen LogP) is 1.30. The summed E-state index contributed by atoms with van der Waals surface area (Å²) in [5, 5.41) is 15.4. The number of aryl methyl sites for hydroxylation is 1. The molecule has 4 heteroatoms. The van der Waals surface area contributed by atoms with Crippen molar-refractivity contribution in [2.45, 2.75) is 25.5 Å². The normalized spacial score (nSPS) is 26.0. The van der Waals surface area contributed by atoms with E-state index in [4.69, 9.17) is 4.74 Å². The van der Waals surface area contributed by atoms with E-state index in [1.807, 2.05) is 0 Å². The minimum Gasteiger partial charge on any atom is -0.386 e. The topological polar surface area (TPSA) is 41.5 Å². The van der Waals surface area contributed by atoms with Gasteiger partial charge in [0.15, 0.2) is 0 Å². The molecule has 1 aromatic rings. The van der Waals surface area contributed by atoms with Crippen molar-refractivity contribution < 1.29 is 9.84 Å².